The van der Waals surface area contributed by atoms with E-state index in [1.807, 2.05) is 43.2 Å². The number of benzene rings is 1. The molecule has 2 aromatic rings. The number of nitrogens with zero attached hydrogens (tertiary/aromatic N) is 1. The molecule has 0 atom stereocenters. The van der Waals surface area contributed by atoms with Crippen LogP contribution < -0.4 is 0 Å². The lowest BCUT2D eigenvalue weighted by Gasteiger charge is -2.12. The summed E-state index contributed by atoms with van der Waals surface area (Å²) in [6, 6.07) is 11.7. The highest BCUT2D eigenvalue weighted by molar-refractivity contribution is 8.26. The molecule has 0 unspecified atom stereocenters. The van der Waals surface area contributed by atoms with Gasteiger partial charge in [-0.15, -0.1) is 0 Å². The lowest BCUT2D eigenvalue weighted by molar-refractivity contribution is -0.137. The third kappa shape index (κ3) is 4.46. The van der Waals surface area contributed by atoms with Gasteiger partial charge in [-0.25, -0.2) is 0 Å². The van der Waals surface area contributed by atoms with E-state index in [2.05, 4.69) is 12.8 Å². The fourth-order valence-electron chi connectivity index (χ4n) is 3.01. The Hall–Kier alpha value is -2.38. The Kier molecular flexibility index (Phi) is 5.87. The van der Waals surface area contributed by atoms with Crippen molar-refractivity contribution in [1.82, 2.24) is 4.90 Å². The third-order valence-corrected chi connectivity index (χ3v) is 5.87. The average molecular weight is 423 g/mol. The number of rotatable bonds is 6. The molecule has 1 amide bonds. The summed E-state index contributed by atoms with van der Waals surface area (Å²) in [5.41, 5.74) is 2.07. The highest BCUT2D eigenvalue weighted by Gasteiger charge is 2.32. The first kappa shape index (κ1) is 19.9. The molecule has 1 N–H and O–H groups in total. The van der Waals surface area contributed by atoms with E-state index in [-0.39, 0.29) is 18.9 Å². The summed E-state index contributed by atoms with van der Waals surface area (Å²) in [4.78, 5) is 25.0. The number of carboxylic acid groups (broad SMARTS) is 1. The minimum atomic E-state index is -0.969. The van der Waals surface area contributed by atoms with E-state index in [1.165, 1.54) is 10.8 Å². The van der Waals surface area contributed by atoms with Crippen LogP contribution in [0.3, 0.4) is 0 Å². The topological polar surface area (TPSA) is 70.8 Å². The second-order valence-electron chi connectivity index (χ2n) is 6.43. The normalized spacial score (nSPS) is 18.9. The van der Waals surface area contributed by atoms with Crippen LogP contribution in [0.1, 0.15) is 17.7 Å². The fourth-order valence-corrected chi connectivity index (χ4v) is 4.30. The largest absolute Gasteiger partial charge is 0.481 e. The van der Waals surface area contributed by atoms with Gasteiger partial charge in [-0.3, -0.25) is 14.5 Å². The number of carbonyl (C=O) groups is 2. The number of thioether (sulfide) groups is 1. The standard InChI is InChI=1S/C22H16NO4S2/c24-20(25)11-12-23-21(26)19(29-22(23)28)13-17-9-10-18(27-17)16-7-5-15(6-8-16)14-3-1-2-4-14/h1-10,13H,11-12H2,(H,24,25)/b19-13-. The van der Waals surface area contributed by atoms with Gasteiger partial charge in [-0.05, 0) is 43.4 Å². The monoisotopic (exact) mass is 422 g/mol. The molecule has 2 aliphatic rings. The Morgan fingerprint density at radius 2 is 1.79 bits per heavy atom. The van der Waals surface area contributed by atoms with Crippen LogP contribution in [0, 0.1) is 31.6 Å². The molecule has 5 radical (unpaired) electrons. The summed E-state index contributed by atoms with van der Waals surface area (Å²) in [5.74, 6) is 1.15. The highest BCUT2D eigenvalue weighted by atomic mass is 32.2. The van der Waals surface area contributed by atoms with Gasteiger partial charge in [0.2, 0.25) is 0 Å². The molecule has 2 fully saturated rings. The van der Waals surface area contributed by atoms with Crippen molar-refractivity contribution in [3.05, 3.63) is 84.2 Å². The third-order valence-electron chi connectivity index (χ3n) is 4.49. The van der Waals surface area contributed by atoms with Crippen molar-refractivity contribution in [2.75, 3.05) is 6.54 Å². The highest BCUT2D eigenvalue weighted by Crippen LogP contribution is 2.34. The number of aliphatic carboxylic acids is 1. The van der Waals surface area contributed by atoms with E-state index in [0.29, 0.717) is 20.7 Å². The molecule has 1 aromatic heterocycles. The van der Waals surface area contributed by atoms with E-state index in [9.17, 15) is 9.59 Å². The maximum atomic E-state index is 12.5. The van der Waals surface area contributed by atoms with Gasteiger partial charge < -0.3 is 9.52 Å². The minimum Gasteiger partial charge on any atom is -0.481 e. The van der Waals surface area contributed by atoms with E-state index < -0.39 is 5.97 Å². The van der Waals surface area contributed by atoms with Crippen LogP contribution in [0.2, 0.25) is 0 Å². The van der Waals surface area contributed by atoms with Crippen molar-refractivity contribution in [3.63, 3.8) is 0 Å². The van der Waals surface area contributed by atoms with Gasteiger partial charge in [-0.2, -0.15) is 0 Å². The van der Waals surface area contributed by atoms with Gasteiger partial charge in [0.15, 0.2) is 0 Å². The Morgan fingerprint density at radius 1 is 1.10 bits per heavy atom. The SMILES string of the molecule is O=C(O)CCN1C(=O)/C(=C/c2ccc(-c3ccc([C]4[CH][CH][CH][CH]4)cc3)o2)SC1=S. The summed E-state index contributed by atoms with van der Waals surface area (Å²) in [6.07, 6.45) is 9.63. The smallest absolute Gasteiger partial charge is 0.305 e. The number of thiocarbonyl (C=S) groups is 1. The Balaban J connectivity index is 1.47. The number of hydrogen-bond acceptors (Lipinski definition) is 5. The van der Waals surface area contributed by atoms with Crippen LogP contribution >= 0.6 is 24.0 Å². The number of amides is 1. The Labute approximate surface area is 178 Å². The first-order valence-electron chi connectivity index (χ1n) is 8.91. The number of carboxylic acids is 1. The van der Waals surface area contributed by atoms with Crippen LogP contribution in [0.25, 0.3) is 17.4 Å². The summed E-state index contributed by atoms with van der Waals surface area (Å²) in [6.45, 7) is 0.0659. The predicted octanol–water partition coefficient (Wildman–Crippen LogP) is 4.38. The maximum absolute atomic E-state index is 12.5. The number of hydrogen-bond donors (Lipinski definition) is 1. The van der Waals surface area contributed by atoms with Gasteiger partial charge in [0, 0.05) is 24.1 Å². The summed E-state index contributed by atoms with van der Waals surface area (Å²) in [7, 11) is 0. The molecule has 0 spiro atoms. The van der Waals surface area contributed by atoms with E-state index in [1.54, 1.807) is 12.1 Å². The first-order chi connectivity index (χ1) is 14.0. The van der Waals surface area contributed by atoms with Gasteiger partial charge in [0.1, 0.15) is 15.8 Å². The summed E-state index contributed by atoms with van der Waals surface area (Å²) >= 11 is 6.34. The Morgan fingerprint density at radius 3 is 2.48 bits per heavy atom. The molecule has 1 aliphatic heterocycles. The van der Waals surface area contributed by atoms with Crippen molar-refractivity contribution in [3.8, 4) is 11.3 Å². The molecule has 0 bridgehead atoms. The van der Waals surface area contributed by atoms with Crippen molar-refractivity contribution < 1.29 is 19.1 Å². The average Bonchev–Trinajstić information content (AvgIpc) is 3.44. The quantitative estimate of drug-likeness (QED) is 0.550. The Bertz CT molecular complexity index is 971. The van der Waals surface area contributed by atoms with E-state index in [4.69, 9.17) is 21.7 Å². The zero-order chi connectivity index (χ0) is 20.4. The number of furan rings is 1. The van der Waals surface area contributed by atoms with Crippen molar-refractivity contribution in [2.45, 2.75) is 6.42 Å². The lowest BCUT2D eigenvalue weighted by atomic mass is 9.96. The van der Waals surface area contributed by atoms with Gasteiger partial charge in [0.25, 0.3) is 5.91 Å². The molecule has 2 heterocycles. The molecule has 5 nitrogen and oxygen atoms in total. The minimum absolute atomic E-state index is 0.0659. The molecular formula is C22H16NO4S2. The second-order valence-corrected chi connectivity index (χ2v) is 8.11. The van der Waals surface area contributed by atoms with Gasteiger partial charge >= 0.3 is 5.97 Å². The van der Waals surface area contributed by atoms with Crippen LogP contribution in [0.5, 0.6) is 0 Å². The van der Waals surface area contributed by atoms with Crippen LogP contribution in [0.15, 0.2) is 45.7 Å². The fraction of sp³-hybridized carbons (Fsp3) is 0.0909. The molecular weight excluding hydrogens is 406 g/mol. The first-order valence-corrected chi connectivity index (χ1v) is 10.1. The predicted molar refractivity (Wildman–Crippen MR) is 116 cm³/mol. The van der Waals surface area contributed by atoms with E-state index in [0.717, 1.165) is 22.9 Å². The molecule has 4 rings (SSSR count). The molecule has 145 valence electrons. The molecule has 1 aliphatic carbocycles. The zero-order valence-corrected chi connectivity index (χ0v) is 16.8. The molecule has 1 aromatic carbocycles. The number of carbonyl (C=O) groups excluding carboxylic acids is 1. The molecule has 1 saturated heterocycles. The molecule has 29 heavy (non-hydrogen) atoms. The zero-order valence-electron chi connectivity index (χ0n) is 15.2. The molecule has 7 heteroatoms. The van der Waals surface area contributed by atoms with Crippen LogP contribution in [-0.4, -0.2) is 32.7 Å². The van der Waals surface area contributed by atoms with Crippen molar-refractivity contribution in [2.24, 2.45) is 0 Å². The molecule has 1 saturated carbocycles. The summed E-state index contributed by atoms with van der Waals surface area (Å²) in [5, 5.41) is 8.81. The summed E-state index contributed by atoms with van der Waals surface area (Å²) < 4.78 is 6.24. The van der Waals surface area contributed by atoms with E-state index >= 15 is 0 Å². The maximum Gasteiger partial charge on any atom is 0.305 e. The second kappa shape index (κ2) is 8.55. The van der Waals surface area contributed by atoms with Crippen molar-refractivity contribution >= 4 is 46.3 Å². The van der Waals surface area contributed by atoms with Crippen molar-refractivity contribution in [1.29, 1.82) is 0 Å². The van der Waals surface area contributed by atoms with Crippen LogP contribution in [-0.2, 0) is 9.59 Å². The van der Waals surface area contributed by atoms with Gasteiger partial charge in [-0.1, -0.05) is 48.2 Å². The van der Waals surface area contributed by atoms with Crippen LogP contribution in [0.4, 0.5) is 0 Å². The lowest BCUT2D eigenvalue weighted by Crippen LogP contribution is -2.30. The van der Waals surface area contributed by atoms with Gasteiger partial charge in [0.05, 0.1) is 11.3 Å².